The number of amides is 2. The predicted octanol–water partition coefficient (Wildman–Crippen LogP) is 2.63. The molecular formula is C23H25N5O2S. The highest BCUT2D eigenvalue weighted by molar-refractivity contribution is 7.15. The smallest absolute Gasteiger partial charge is 0.245 e. The van der Waals surface area contributed by atoms with Gasteiger partial charge in [-0.15, -0.1) is 10.2 Å². The van der Waals surface area contributed by atoms with Crippen LogP contribution in [0.4, 0.5) is 5.13 Å². The van der Waals surface area contributed by atoms with Gasteiger partial charge in [0.05, 0.1) is 6.42 Å². The van der Waals surface area contributed by atoms with Crippen molar-refractivity contribution >= 4 is 28.3 Å². The fourth-order valence-electron chi connectivity index (χ4n) is 3.95. The van der Waals surface area contributed by atoms with Crippen molar-refractivity contribution in [1.29, 1.82) is 0 Å². The molecule has 31 heavy (non-hydrogen) atoms. The van der Waals surface area contributed by atoms with Gasteiger partial charge < -0.3 is 15.5 Å². The number of piperazine rings is 1. The molecule has 2 aromatic carbocycles. The molecule has 1 fully saturated rings. The number of rotatable bonds is 6. The number of nitrogens with zero attached hydrogens (tertiary/aromatic N) is 4. The van der Waals surface area contributed by atoms with Crippen LogP contribution in [0.5, 0.6) is 0 Å². The Morgan fingerprint density at radius 1 is 1.10 bits per heavy atom. The molecule has 8 heteroatoms. The zero-order valence-electron chi connectivity index (χ0n) is 17.4. The van der Waals surface area contributed by atoms with E-state index in [0.717, 1.165) is 16.7 Å². The number of nitrogens with two attached hydrogens (primary N) is 1. The van der Waals surface area contributed by atoms with Gasteiger partial charge in [0, 0.05) is 26.1 Å². The molecule has 4 rings (SSSR count). The summed E-state index contributed by atoms with van der Waals surface area (Å²) in [6.07, 6.45) is 0.578. The van der Waals surface area contributed by atoms with Crippen LogP contribution in [0, 0.1) is 0 Å². The van der Waals surface area contributed by atoms with E-state index in [4.69, 9.17) is 5.73 Å². The van der Waals surface area contributed by atoms with E-state index in [1.54, 1.807) is 4.90 Å². The van der Waals surface area contributed by atoms with E-state index in [-0.39, 0.29) is 18.2 Å². The van der Waals surface area contributed by atoms with Gasteiger partial charge >= 0.3 is 0 Å². The summed E-state index contributed by atoms with van der Waals surface area (Å²) in [5.74, 6) is -0.131. The van der Waals surface area contributed by atoms with Crippen molar-refractivity contribution in [3.8, 4) is 11.1 Å². The molecule has 1 atom stereocenters. The SMILES string of the molecule is CCN1CCN(C(=O)Cc2nnc(N)s2)C(Cc2cccc(-c3ccccc3)c2)C1=O. The van der Waals surface area contributed by atoms with Gasteiger partial charge in [-0.25, -0.2) is 0 Å². The first kappa shape index (κ1) is 21.0. The summed E-state index contributed by atoms with van der Waals surface area (Å²) >= 11 is 1.20. The Kier molecular flexibility index (Phi) is 6.27. The van der Waals surface area contributed by atoms with E-state index in [9.17, 15) is 9.59 Å². The fraction of sp³-hybridized carbons (Fsp3) is 0.304. The van der Waals surface area contributed by atoms with Crippen molar-refractivity contribution in [3.05, 3.63) is 65.2 Å². The summed E-state index contributed by atoms with van der Waals surface area (Å²) in [4.78, 5) is 29.7. The lowest BCUT2D eigenvalue weighted by molar-refractivity contribution is -0.150. The normalized spacial score (nSPS) is 16.5. The van der Waals surface area contributed by atoms with Gasteiger partial charge in [-0.05, 0) is 23.6 Å². The second-order valence-electron chi connectivity index (χ2n) is 7.50. The molecule has 1 aromatic heterocycles. The number of carbonyl (C=O) groups excluding carboxylic acids is 2. The van der Waals surface area contributed by atoms with Gasteiger partial charge in [0.15, 0.2) is 0 Å². The van der Waals surface area contributed by atoms with Crippen LogP contribution in [0.3, 0.4) is 0 Å². The lowest BCUT2D eigenvalue weighted by atomic mass is 9.97. The van der Waals surface area contributed by atoms with Crippen molar-refractivity contribution in [2.45, 2.75) is 25.8 Å². The van der Waals surface area contributed by atoms with Gasteiger partial charge in [0.25, 0.3) is 0 Å². The van der Waals surface area contributed by atoms with Crippen molar-refractivity contribution < 1.29 is 9.59 Å². The summed E-state index contributed by atoms with van der Waals surface area (Å²) in [5, 5.41) is 8.64. The molecule has 1 aliphatic rings. The Morgan fingerprint density at radius 3 is 2.58 bits per heavy atom. The topological polar surface area (TPSA) is 92.4 Å². The molecule has 0 spiro atoms. The average Bonchev–Trinajstić information content (AvgIpc) is 3.20. The van der Waals surface area contributed by atoms with Crippen LogP contribution in [0.15, 0.2) is 54.6 Å². The van der Waals surface area contributed by atoms with Crippen LogP contribution in [0.1, 0.15) is 17.5 Å². The van der Waals surface area contributed by atoms with Crippen LogP contribution in [0.2, 0.25) is 0 Å². The predicted molar refractivity (Wildman–Crippen MR) is 121 cm³/mol. The summed E-state index contributed by atoms with van der Waals surface area (Å²) < 4.78 is 0. The Bertz CT molecular complexity index is 1070. The van der Waals surface area contributed by atoms with Crippen LogP contribution in [0.25, 0.3) is 11.1 Å². The lowest BCUT2D eigenvalue weighted by Gasteiger charge is -2.40. The molecule has 7 nitrogen and oxygen atoms in total. The molecule has 1 unspecified atom stereocenters. The van der Waals surface area contributed by atoms with Crippen LogP contribution < -0.4 is 5.73 Å². The average molecular weight is 436 g/mol. The quantitative estimate of drug-likeness (QED) is 0.643. The second kappa shape index (κ2) is 9.26. The molecular weight excluding hydrogens is 410 g/mol. The Labute approximate surface area is 185 Å². The minimum atomic E-state index is -0.530. The van der Waals surface area contributed by atoms with E-state index < -0.39 is 6.04 Å². The highest BCUT2D eigenvalue weighted by Crippen LogP contribution is 2.24. The maximum Gasteiger partial charge on any atom is 0.245 e. The third-order valence-corrected chi connectivity index (χ3v) is 6.29. The number of likely N-dealkylation sites (N-methyl/N-ethyl adjacent to an activating group) is 1. The molecule has 2 amide bonds. The first-order valence-electron chi connectivity index (χ1n) is 10.4. The first-order valence-corrected chi connectivity index (χ1v) is 11.2. The van der Waals surface area contributed by atoms with E-state index >= 15 is 0 Å². The number of hydrogen-bond acceptors (Lipinski definition) is 6. The number of carbonyl (C=O) groups is 2. The van der Waals surface area contributed by atoms with Gasteiger partial charge in [0.2, 0.25) is 16.9 Å². The Balaban J connectivity index is 1.57. The second-order valence-corrected chi connectivity index (χ2v) is 8.60. The summed E-state index contributed by atoms with van der Waals surface area (Å²) in [7, 11) is 0. The fourth-order valence-corrected chi connectivity index (χ4v) is 4.55. The van der Waals surface area contributed by atoms with Gasteiger partial charge in [0.1, 0.15) is 11.0 Å². The van der Waals surface area contributed by atoms with Crippen LogP contribution in [-0.4, -0.2) is 57.5 Å². The molecule has 3 aromatic rings. The molecule has 0 saturated carbocycles. The maximum absolute atomic E-state index is 13.2. The first-order chi connectivity index (χ1) is 15.0. The molecule has 1 aliphatic heterocycles. The number of anilines is 1. The number of nitrogen functional groups attached to an aromatic ring is 1. The summed E-state index contributed by atoms with van der Waals surface area (Å²) in [5.41, 5.74) is 8.88. The largest absolute Gasteiger partial charge is 0.374 e. The lowest BCUT2D eigenvalue weighted by Crippen LogP contribution is -2.59. The number of hydrogen-bond donors (Lipinski definition) is 1. The third kappa shape index (κ3) is 4.74. The molecule has 160 valence electrons. The minimum Gasteiger partial charge on any atom is -0.374 e. The van der Waals surface area contributed by atoms with E-state index in [1.807, 2.05) is 42.2 Å². The Hall–Kier alpha value is -3.26. The Morgan fingerprint density at radius 2 is 1.87 bits per heavy atom. The molecule has 2 N–H and O–H groups in total. The van der Waals surface area contributed by atoms with Crippen LogP contribution >= 0.6 is 11.3 Å². The van der Waals surface area contributed by atoms with Gasteiger partial charge in [-0.1, -0.05) is 65.9 Å². The van der Waals surface area contributed by atoms with Crippen LogP contribution in [-0.2, 0) is 22.4 Å². The molecule has 0 bridgehead atoms. The number of benzene rings is 2. The minimum absolute atomic E-state index is 0.0102. The van der Waals surface area contributed by atoms with Gasteiger partial charge in [-0.3, -0.25) is 9.59 Å². The number of aromatic nitrogens is 2. The third-order valence-electron chi connectivity index (χ3n) is 5.53. The monoisotopic (exact) mass is 435 g/mol. The zero-order valence-corrected chi connectivity index (χ0v) is 18.2. The van der Waals surface area contributed by atoms with E-state index in [1.165, 1.54) is 11.3 Å². The summed E-state index contributed by atoms with van der Waals surface area (Å²) in [6.45, 7) is 3.65. The summed E-state index contributed by atoms with van der Waals surface area (Å²) in [6, 6.07) is 17.8. The van der Waals surface area contributed by atoms with Crippen molar-refractivity contribution in [3.63, 3.8) is 0 Å². The van der Waals surface area contributed by atoms with Gasteiger partial charge in [-0.2, -0.15) is 0 Å². The standard InChI is InChI=1S/C23H25N5O2S/c1-2-27-11-12-28(21(29)15-20-25-26-23(24)31-20)19(22(27)30)14-16-7-6-10-18(13-16)17-8-4-3-5-9-17/h3-10,13,19H,2,11-12,14-15H2,1H3,(H2,24,26). The zero-order chi connectivity index (χ0) is 21.8. The van der Waals surface area contributed by atoms with E-state index in [2.05, 4.69) is 34.5 Å². The molecule has 2 heterocycles. The molecule has 0 aliphatic carbocycles. The van der Waals surface area contributed by atoms with E-state index in [0.29, 0.717) is 36.2 Å². The molecule has 0 radical (unpaired) electrons. The molecule has 1 saturated heterocycles. The van der Waals surface area contributed by atoms with Crippen molar-refractivity contribution in [2.75, 3.05) is 25.4 Å². The van der Waals surface area contributed by atoms with Crippen molar-refractivity contribution in [1.82, 2.24) is 20.0 Å². The highest BCUT2D eigenvalue weighted by Gasteiger charge is 2.37. The highest BCUT2D eigenvalue weighted by atomic mass is 32.1. The maximum atomic E-state index is 13.2. The van der Waals surface area contributed by atoms with Crippen molar-refractivity contribution in [2.24, 2.45) is 0 Å².